The molecule has 6 heteroatoms. The van der Waals surface area contributed by atoms with Gasteiger partial charge in [-0.2, -0.15) is 0 Å². The van der Waals surface area contributed by atoms with E-state index in [1.165, 1.54) is 5.57 Å². The molecule has 0 atom stereocenters. The van der Waals surface area contributed by atoms with Gasteiger partial charge in [0.15, 0.2) is 0 Å². The average molecular weight is 495 g/mol. The van der Waals surface area contributed by atoms with E-state index in [1.54, 1.807) is 6.20 Å². The summed E-state index contributed by atoms with van der Waals surface area (Å²) in [6, 6.07) is 32.4. The number of carbonyl (C=O) groups is 1. The van der Waals surface area contributed by atoms with Crippen LogP contribution in [-0.4, -0.2) is 29.3 Å². The second-order valence-corrected chi connectivity index (χ2v) is 8.34. The van der Waals surface area contributed by atoms with Crippen molar-refractivity contribution in [1.29, 1.82) is 0 Å². The Morgan fingerprint density at radius 2 is 1.49 bits per heavy atom. The van der Waals surface area contributed by atoms with E-state index in [0.717, 1.165) is 40.0 Å². The van der Waals surface area contributed by atoms with Crippen molar-refractivity contribution in [1.82, 2.24) is 10.3 Å². The highest BCUT2D eigenvalue weighted by Gasteiger charge is 2.14. The molecule has 37 heavy (non-hydrogen) atoms. The van der Waals surface area contributed by atoms with Crippen molar-refractivity contribution in [2.75, 3.05) is 13.2 Å². The number of carboxylic acid groups (broad SMARTS) is 1. The molecule has 0 unspecified atom stereocenters. The van der Waals surface area contributed by atoms with Crippen LogP contribution in [0.4, 0.5) is 4.79 Å². The number of aromatic nitrogens is 1. The summed E-state index contributed by atoms with van der Waals surface area (Å²) >= 11 is 0. The minimum absolute atomic E-state index is 0.191. The molecule has 6 nitrogen and oxygen atoms in total. The maximum Gasteiger partial charge on any atom is 0.404 e. The third-order valence-corrected chi connectivity index (χ3v) is 5.82. The summed E-state index contributed by atoms with van der Waals surface area (Å²) in [5, 5.41) is 11.0. The summed E-state index contributed by atoms with van der Waals surface area (Å²) in [6.07, 6.45) is 1.56. The lowest BCUT2D eigenvalue weighted by atomic mass is 9.89. The zero-order chi connectivity index (χ0) is 25.9. The van der Waals surface area contributed by atoms with Crippen LogP contribution in [0.1, 0.15) is 35.6 Å². The smallest absolute Gasteiger partial charge is 0.404 e. The van der Waals surface area contributed by atoms with E-state index >= 15 is 0 Å². The van der Waals surface area contributed by atoms with Crippen LogP contribution in [-0.2, 0) is 6.61 Å². The van der Waals surface area contributed by atoms with Crippen LogP contribution in [0.15, 0.2) is 103 Å². The Morgan fingerprint density at radius 3 is 2.11 bits per heavy atom. The Kier molecular flexibility index (Phi) is 8.92. The van der Waals surface area contributed by atoms with Crippen LogP contribution in [0.2, 0.25) is 0 Å². The summed E-state index contributed by atoms with van der Waals surface area (Å²) < 4.78 is 11.6. The van der Waals surface area contributed by atoms with Crippen LogP contribution >= 0.6 is 0 Å². The van der Waals surface area contributed by atoms with Crippen molar-refractivity contribution >= 4 is 17.2 Å². The van der Waals surface area contributed by atoms with E-state index < -0.39 is 6.09 Å². The number of nitrogens with zero attached hydrogens (tertiary/aromatic N) is 1. The molecule has 1 aromatic heterocycles. The Bertz CT molecular complexity index is 1300. The molecular formula is C31H30N2O4. The molecule has 4 rings (SSSR count). The quantitative estimate of drug-likeness (QED) is 0.180. The van der Waals surface area contributed by atoms with Gasteiger partial charge in [0.1, 0.15) is 19.0 Å². The molecule has 0 bridgehead atoms. The second-order valence-electron chi connectivity index (χ2n) is 8.34. The lowest BCUT2D eigenvalue weighted by Gasteiger charge is -2.17. The molecule has 0 aliphatic rings. The normalized spacial score (nSPS) is 11.4. The second kappa shape index (κ2) is 12.9. The fourth-order valence-electron chi connectivity index (χ4n) is 4.07. The molecular weight excluding hydrogens is 464 g/mol. The van der Waals surface area contributed by atoms with Crippen molar-refractivity contribution in [2.24, 2.45) is 0 Å². The molecule has 188 valence electrons. The van der Waals surface area contributed by atoms with Crippen LogP contribution in [0, 0.1) is 0 Å². The van der Waals surface area contributed by atoms with Gasteiger partial charge in [-0.3, -0.25) is 0 Å². The van der Waals surface area contributed by atoms with Crippen LogP contribution < -0.4 is 14.8 Å². The monoisotopic (exact) mass is 494 g/mol. The molecule has 1 heterocycles. The highest BCUT2D eigenvalue weighted by Crippen LogP contribution is 2.35. The van der Waals surface area contributed by atoms with Gasteiger partial charge in [-0.15, -0.1) is 0 Å². The van der Waals surface area contributed by atoms with Crippen molar-refractivity contribution in [3.8, 4) is 11.6 Å². The number of hydrogen-bond acceptors (Lipinski definition) is 4. The van der Waals surface area contributed by atoms with E-state index in [0.29, 0.717) is 12.5 Å². The Morgan fingerprint density at radius 1 is 0.811 bits per heavy atom. The first-order valence-corrected chi connectivity index (χ1v) is 12.3. The highest BCUT2D eigenvalue weighted by molar-refractivity contribution is 5.98. The van der Waals surface area contributed by atoms with Gasteiger partial charge in [-0.1, -0.05) is 79.7 Å². The Hall–Kier alpha value is -4.58. The van der Waals surface area contributed by atoms with Gasteiger partial charge in [0.2, 0.25) is 5.88 Å². The van der Waals surface area contributed by atoms with Crippen molar-refractivity contribution in [2.45, 2.75) is 20.0 Å². The highest BCUT2D eigenvalue weighted by atomic mass is 16.5. The van der Waals surface area contributed by atoms with Crippen molar-refractivity contribution in [3.63, 3.8) is 0 Å². The predicted octanol–water partition coefficient (Wildman–Crippen LogP) is 6.68. The fourth-order valence-corrected chi connectivity index (χ4v) is 4.07. The number of nitrogens with one attached hydrogen (secondary N) is 1. The number of pyridine rings is 1. The van der Waals surface area contributed by atoms with Gasteiger partial charge in [0.25, 0.3) is 0 Å². The summed E-state index contributed by atoms with van der Waals surface area (Å²) in [5.74, 6) is 1.25. The first kappa shape index (κ1) is 25.5. The minimum atomic E-state index is -1.08. The van der Waals surface area contributed by atoms with Gasteiger partial charge in [0.05, 0.1) is 6.54 Å². The first-order valence-electron chi connectivity index (χ1n) is 12.3. The van der Waals surface area contributed by atoms with Gasteiger partial charge < -0.3 is 19.9 Å². The molecule has 1 amide bonds. The number of hydrogen-bond donors (Lipinski definition) is 2. The van der Waals surface area contributed by atoms with E-state index in [1.807, 2.05) is 72.8 Å². The zero-order valence-corrected chi connectivity index (χ0v) is 20.8. The van der Waals surface area contributed by atoms with Crippen LogP contribution in [0.5, 0.6) is 11.6 Å². The number of allylic oxidation sites excluding steroid dienone is 1. The molecule has 0 spiro atoms. The minimum Gasteiger partial charge on any atom is -0.489 e. The molecule has 0 saturated heterocycles. The largest absolute Gasteiger partial charge is 0.489 e. The third kappa shape index (κ3) is 7.21. The lowest BCUT2D eigenvalue weighted by molar-refractivity contribution is 0.190. The molecule has 4 aromatic rings. The van der Waals surface area contributed by atoms with Gasteiger partial charge in [-0.25, -0.2) is 9.78 Å². The zero-order valence-electron chi connectivity index (χ0n) is 20.8. The van der Waals surface area contributed by atoms with Crippen molar-refractivity contribution in [3.05, 3.63) is 126 Å². The standard InChI is InChI=1S/C31H30N2O4/c1-2-28(24-11-7-4-8-12-24)30(26-15-18-29(33-21-26)36-20-19-32-31(34)35)25-13-16-27(17-14-25)37-22-23-9-5-3-6-10-23/h3-18,21,32H,2,19-20,22H2,1H3,(H,34,35). The molecule has 0 fully saturated rings. The summed E-state index contributed by atoms with van der Waals surface area (Å²) in [6.45, 7) is 3.06. The Labute approximate surface area is 217 Å². The van der Waals surface area contributed by atoms with E-state index in [4.69, 9.17) is 14.6 Å². The molecule has 2 N–H and O–H groups in total. The summed E-state index contributed by atoms with van der Waals surface area (Å²) in [5.41, 5.74) is 6.61. The fraction of sp³-hybridized carbons (Fsp3) is 0.161. The molecule has 0 aliphatic carbocycles. The summed E-state index contributed by atoms with van der Waals surface area (Å²) in [7, 11) is 0. The van der Waals surface area contributed by atoms with E-state index in [9.17, 15) is 4.79 Å². The lowest BCUT2D eigenvalue weighted by Crippen LogP contribution is -2.26. The Balaban J connectivity index is 1.60. The van der Waals surface area contributed by atoms with E-state index in [2.05, 4.69) is 41.5 Å². The SMILES string of the molecule is CCC(=C(c1ccc(OCc2ccccc2)cc1)c1ccc(OCCNC(=O)O)nc1)c1ccccc1. The van der Waals surface area contributed by atoms with Crippen LogP contribution in [0.3, 0.4) is 0 Å². The maximum atomic E-state index is 10.6. The number of ether oxygens (including phenoxy) is 2. The average Bonchev–Trinajstić information content (AvgIpc) is 2.95. The van der Waals surface area contributed by atoms with Gasteiger partial charge in [-0.05, 0) is 52.5 Å². The first-order chi connectivity index (χ1) is 18.1. The topological polar surface area (TPSA) is 80.7 Å². The van der Waals surface area contributed by atoms with Crippen LogP contribution in [0.25, 0.3) is 11.1 Å². The molecule has 3 aromatic carbocycles. The number of rotatable bonds is 11. The van der Waals surface area contributed by atoms with E-state index in [-0.39, 0.29) is 13.2 Å². The predicted molar refractivity (Wildman–Crippen MR) is 146 cm³/mol. The maximum absolute atomic E-state index is 10.6. The number of benzene rings is 3. The molecule has 0 radical (unpaired) electrons. The third-order valence-electron chi connectivity index (χ3n) is 5.82. The molecule has 0 saturated carbocycles. The summed E-state index contributed by atoms with van der Waals surface area (Å²) in [4.78, 5) is 15.1. The van der Waals surface area contributed by atoms with Gasteiger partial charge >= 0.3 is 6.09 Å². The van der Waals surface area contributed by atoms with Crippen molar-refractivity contribution < 1.29 is 19.4 Å². The number of amides is 1. The van der Waals surface area contributed by atoms with Gasteiger partial charge in [0, 0.05) is 17.8 Å². The molecule has 0 aliphatic heterocycles.